The van der Waals surface area contributed by atoms with Gasteiger partial charge < -0.3 is 33.9 Å². The number of anilines is 1. The molecule has 0 spiro atoms. The van der Waals surface area contributed by atoms with Crippen molar-refractivity contribution in [2.24, 2.45) is 0 Å². The van der Waals surface area contributed by atoms with Crippen molar-refractivity contribution in [1.29, 1.82) is 0 Å². The summed E-state index contributed by atoms with van der Waals surface area (Å²) in [4.78, 5) is 57.2. The van der Waals surface area contributed by atoms with Crippen LogP contribution >= 0.6 is 11.6 Å². The molecular formula is C37H41ClN4O7. The third-order valence-corrected chi connectivity index (χ3v) is 8.87. The number of carbonyl (C=O) groups is 3. The Morgan fingerprint density at radius 2 is 1.47 bits per heavy atom. The van der Waals surface area contributed by atoms with E-state index in [4.69, 9.17) is 25.5 Å². The van der Waals surface area contributed by atoms with Gasteiger partial charge in [-0.05, 0) is 56.5 Å². The lowest BCUT2D eigenvalue weighted by Gasteiger charge is -2.37. The molecule has 3 aromatic carbocycles. The van der Waals surface area contributed by atoms with Crippen LogP contribution in [0.1, 0.15) is 45.7 Å². The number of piperazine rings is 1. The van der Waals surface area contributed by atoms with Gasteiger partial charge in [0.05, 0.1) is 31.7 Å². The SMILES string of the molecule is COc1cc2oc(C(=O)NCC(=O)N3CCN(c4ccccc4C(=O)N4CCCCC4)CC3)cc(=O)c2cc1OC.Cc1ccc(Cl)cc1. The molecule has 1 N–H and O–H groups in total. The van der Waals surface area contributed by atoms with Crippen LogP contribution in [0.25, 0.3) is 11.0 Å². The number of para-hydroxylation sites is 1. The van der Waals surface area contributed by atoms with Gasteiger partial charge in [-0.2, -0.15) is 0 Å². The Morgan fingerprint density at radius 1 is 0.816 bits per heavy atom. The van der Waals surface area contributed by atoms with Gasteiger partial charge in [-0.1, -0.05) is 41.4 Å². The van der Waals surface area contributed by atoms with Crippen molar-refractivity contribution < 1.29 is 28.3 Å². The van der Waals surface area contributed by atoms with Gasteiger partial charge >= 0.3 is 0 Å². The first kappa shape index (κ1) is 35.3. The summed E-state index contributed by atoms with van der Waals surface area (Å²) >= 11 is 5.61. The van der Waals surface area contributed by atoms with Crippen molar-refractivity contribution in [3.63, 3.8) is 0 Å². The first-order valence-electron chi connectivity index (χ1n) is 16.3. The minimum atomic E-state index is -0.670. The van der Waals surface area contributed by atoms with Crippen LogP contribution in [0.15, 0.2) is 75.9 Å². The van der Waals surface area contributed by atoms with Crippen LogP contribution in [0.4, 0.5) is 5.69 Å². The van der Waals surface area contributed by atoms with E-state index in [1.54, 1.807) is 4.90 Å². The lowest BCUT2D eigenvalue weighted by atomic mass is 10.1. The fourth-order valence-electron chi connectivity index (χ4n) is 5.88. The molecule has 0 radical (unpaired) electrons. The predicted molar refractivity (Wildman–Crippen MR) is 189 cm³/mol. The van der Waals surface area contributed by atoms with Gasteiger partial charge in [-0.3, -0.25) is 19.2 Å². The number of piperidine rings is 1. The maximum Gasteiger partial charge on any atom is 0.287 e. The summed E-state index contributed by atoms with van der Waals surface area (Å²) in [6.07, 6.45) is 3.22. The highest BCUT2D eigenvalue weighted by Crippen LogP contribution is 2.31. The number of hydrogen-bond donors (Lipinski definition) is 1. The van der Waals surface area contributed by atoms with Crippen LogP contribution in [-0.4, -0.2) is 87.6 Å². The Bertz CT molecular complexity index is 1830. The van der Waals surface area contributed by atoms with E-state index in [1.807, 2.05) is 60.4 Å². The summed E-state index contributed by atoms with van der Waals surface area (Å²) in [5, 5.41) is 3.60. The zero-order valence-corrected chi connectivity index (χ0v) is 28.8. The quantitative estimate of drug-likeness (QED) is 0.283. The van der Waals surface area contributed by atoms with Gasteiger partial charge in [-0.15, -0.1) is 0 Å². The van der Waals surface area contributed by atoms with Crippen molar-refractivity contribution in [3.05, 3.63) is 98.9 Å². The van der Waals surface area contributed by atoms with Gasteiger partial charge in [0, 0.05) is 62.1 Å². The number of amides is 3. The normalized spacial score (nSPS) is 14.5. The van der Waals surface area contributed by atoms with Crippen molar-refractivity contribution >= 4 is 46.0 Å². The number of benzene rings is 3. The average Bonchev–Trinajstić information content (AvgIpc) is 3.14. The summed E-state index contributed by atoms with van der Waals surface area (Å²) in [6.45, 7) is 5.40. The summed E-state index contributed by atoms with van der Waals surface area (Å²) < 4.78 is 16.1. The summed E-state index contributed by atoms with van der Waals surface area (Å²) in [6, 6.07) is 19.5. The highest BCUT2D eigenvalue weighted by atomic mass is 35.5. The van der Waals surface area contributed by atoms with Gasteiger partial charge in [0.1, 0.15) is 5.58 Å². The number of methoxy groups -OCH3 is 2. The molecule has 0 saturated carbocycles. The molecular weight excluding hydrogens is 648 g/mol. The van der Waals surface area contributed by atoms with Crippen molar-refractivity contribution in [3.8, 4) is 11.5 Å². The molecule has 6 rings (SSSR count). The second kappa shape index (κ2) is 16.4. The zero-order chi connectivity index (χ0) is 34.9. The lowest BCUT2D eigenvalue weighted by molar-refractivity contribution is -0.130. The predicted octanol–water partition coefficient (Wildman–Crippen LogP) is 5.16. The summed E-state index contributed by atoms with van der Waals surface area (Å²) in [7, 11) is 2.91. The monoisotopic (exact) mass is 688 g/mol. The molecule has 49 heavy (non-hydrogen) atoms. The molecule has 12 heteroatoms. The van der Waals surface area contributed by atoms with Crippen LogP contribution in [0.5, 0.6) is 11.5 Å². The van der Waals surface area contributed by atoms with E-state index in [-0.39, 0.29) is 35.1 Å². The molecule has 0 atom stereocenters. The number of rotatable bonds is 7. The number of hydrogen-bond acceptors (Lipinski definition) is 8. The molecule has 0 unspecified atom stereocenters. The Kier molecular flexibility index (Phi) is 11.8. The minimum Gasteiger partial charge on any atom is -0.493 e. The molecule has 0 bridgehead atoms. The Balaban J connectivity index is 0.000000514. The van der Waals surface area contributed by atoms with Gasteiger partial charge in [0.2, 0.25) is 5.91 Å². The van der Waals surface area contributed by atoms with Crippen LogP contribution in [-0.2, 0) is 4.79 Å². The standard InChI is InChI=1S/C30H34N4O7.C7H7Cl/c1-39-25-16-21-23(35)17-27(41-24(21)18-26(25)40-2)29(37)31-19-28(36)33-14-12-32(13-15-33)22-9-5-4-8-20(22)30(38)34-10-6-3-7-11-34;1-6-2-4-7(8)5-3-6/h4-5,8-9,16-18H,3,6-7,10-15,19H2,1-2H3,(H,31,37);2-5H,1H3. The fraction of sp³-hybridized carbons (Fsp3) is 0.351. The van der Waals surface area contributed by atoms with E-state index in [0.29, 0.717) is 43.2 Å². The second-order valence-electron chi connectivity index (χ2n) is 11.9. The van der Waals surface area contributed by atoms with Crippen molar-refractivity contribution in [2.75, 3.05) is 64.9 Å². The van der Waals surface area contributed by atoms with Crippen LogP contribution in [0.3, 0.4) is 0 Å². The van der Waals surface area contributed by atoms with Crippen molar-refractivity contribution in [1.82, 2.24) is 15.1 Å². The Morgan fingerprint density at radius 3 is 2.12 bits per heavy atom. The highest BCUT2D eigenvalue weighted by molar-refractivity contribution is 6.30. The molecule has 2 aliphatic heterocycles. The number of halogens is 1. The number of likely N-dealkylation sites (tertiary alicyclic amines) is 1. The minimum absolute atomic E-state index is 0.0550. The Labute approximate surface area is 290 Å². The molecule has 3 amide bonds. The largest absolute Gasteiger partial charge is 0.493 e. The molecule has 11 nitrogen and oxygen atoms in total. The van der Waals surface area contributed by atoms with E-state index >= 15 is 0 Å². The summed E-state index contributed by atoms with van der Waals surface area (Å²) in [5.74, 6) is -0.344. The fourth-order valence-corrected chi connectivity index (χ4v) is 6.00. The van der Waals surface area contributed by atoms with E-state index in [0.717, 1.165) is 49.1 Å². The molecule has 3 heterocycles. The van der Waals surface area contributed by atoms with Crippen molar-refractivity contribution in [2.45, 2.75) is 26.2 Å². The first-order chi connectivity index (χ1) is 23.7. The number of aryl methyl sites for hydroxylation is 1. The zero-order valence-electron chi connectivity index (χ0n) is 28.0. The maximum absolute atomic E-state index is 13.2. The third kappa shape index (κ3) is 8.72. The number of ether oxygens (including phenoxy) is 2. The molecule has 4 aromatic rings. The van der Waals surface area contributed by atoms with Crippen LogP contribution in [0, 0.1) is 6.92 Å². The molecule has 0 aliphatic carbocycles. The van der Waals surface area contributed by atoms with Gasteiger partial charge in [0.15, 0.2) is 22.7 Å². The number of carbonyl (C=O) groups excluding carboxylic acids is 3. The maximum atomic E-state index is 13.2. The van der Waals surface area contributed by atoms with E-state index in [1.165, 1.54) is 31.9 Å². The third-order valence-electron chi connectivity index (χ3n) is 8.62. The molecule has 2 saturated heterocycles. The van der Waals surface area contributed by atoms with Gasteiger partial charge in [-0.25, -0.2) is 0 Å². The van der Waals surface area contributed by atoms with Crippen LogP contribution < -0.4 is 25.1 Å². The number of nitrogens with one attached hydrogen (secondary N) is 1. The highest BCUT2D eigenvalue weighted by Gasteiger charge is 2.27. The molecule has 1 aromatic heterocycles. The van der Waals surface area contributed by atoms with E-state index < -0.39 is 11.3 Å². The summed E-state index contributed by atoms with van der Waals surface area (Å²) in [5.41, 5.74) is 2.56. The molecule has 258 valence electrons. The van der Waals surface area contributed by atoms with Gasteiger partial charge in [0.25, 0.3) is 11.8 Å². The smallest absolute Gasteiger partial charge is 0.287 e. The van der Waals surface area contributed by atoms with E-state index in [9.17, 15) is 19.2 Å². The molecule has 2 aliphatic rings. The second-order valence-corrected chi connectivity index (χ2v) is 12.3. The van der Waals surface area contributed by atoms with Crippen LogP contribution in [0.2, 0.25) is 5.02 Å². The average molecular weight is 689 g/mol. The Hall–Kier alpha value is -5.03. The lowest BCUT2D eigenvalue weighted by Crippen LogP contribution is -2.51. The molecule has 2 fully saturated rings. The topological polar surface area (TPSA) is 122 Å². The van der Waals surface area contributed by atoms with E-state index in [2.05, 4.69) is 10.2 Å². The first-order valence-corrected chi connectivity index (χ1v) is 16.7. The number of fused-ring (bicyclic) bond motifs is 1. The number of nitrogens with zero attached hydrogens (tertiary/aromatic N) is 3.